The molecule has 0 N–H and O–H groups in total. The molecule has 0 bridgehead atoms. The minimum atomic E-state index is -0.458. The number of hydrogen-bond acceptors (Lipinski definition) is 2. The van der Waals surface area contributed by atoms with Crippen LogP contribution in [0.3, 0.4) is 0 Å². The first-order valence-corrected chi connectivity index (χ1v) is 6.09. The van der Waals surface area contributed by atoms with E-state index in [1.54, 1.807) is 0 Å². The van der Waals surface area contributed by atoms with Crippen molar-refractivity contribution in [3.05, 3.63) is 53.8 Å². The summed E-state index contributed by atoms with van der Waals surface area (Å²) in [6, 6.07) is 10.1. The van der Waals surface area contributed by atoms with Crippen LogP contribution in [0, 0.1) is 0 Å². The predicted molar refractivity (Wildman–Crippen MR) is 73.4 cm³/mol. The van der Waals surface area contributed by atoms with E-state index in [1.165, 1.54) is 11.6 Å². The van der Waals surface area contributed by atoms with Crippen LogP contribution in [0.5, 0.6) is 0 Å². The van der Waals surface area contributed by atoms with Crippen LogP contribution in [0.4, 0.5) is 0 Å². The van der Waals surface area contributed by atoms with Gasteiger partial charge in [-0.25, -0.2) is 4.79 Å². The average Bonchev–Trinajstić information content (AvgIpc) is 2.27. The van der Waals surface area contributed by atoms with Crippen molar-refractivity contribution in [1.82, 2.24) is 0 Å². The van der Waals surface area contributed by atoms with E-state index in [-0.39, 0.29) is 11.9 Å². The summed E-state index contributed by atoms with van der Waals surface area (Å²) < 4.78 is 5.15. The third-order valence-corrected chi connectivity index (χ3v) is 2.28. The summed E-state index contributed by atoms with van der Waals surface area (Å²) in [4.78, 5) is 11.4. The van der Waals surface area contributed by atoms with Crippen molar-refractivity contribution in [2.75, 3.05) is 0 Å². The zero-order valence-corrected chi connectivity index (χ0v) is 11.4. The van der Waals surface area contributed by atoms with Gasteiger partial charge >= 0.3 is 5.97 Å². The number of benzene rings is 1. The van der Waals surface area contributed by atoms with Gasteiger partial charge in [0.15, 0.2) is 0 Å². The van der Waals surface area contributed by atoms with Gasteiger partial charge in [0, 0.05) is 5.92 Å². The highest BCUT2D eigenvalue weighted by Gasteiger charge is 2.13. The summed E-state index contributed by atoms with van der Waals surface area (Å²) in [5.74, 6) is -0.135. The van der Waals surface area contributed by atoms with Crippen LogP contribution in [0.25, 0.3) is 0 Å². The van der Waals surface area contributed by atoms with Crippen LogP contribution < -0.4 is 0 Å². The maximum absolute atomic E-state index is 11.4. The van der Waals surface area contributed by atoms with Gasteiger partial charge in [0.05, 0.1) is 6.08 Å². The highest BCUT2D eigenvalue weighted by Crippen LogP contribution is 2.15. The number of esters is 1. The van der Waals surface area contributed by atoms with Crippen LogP contribution in [-0.2, 0) is 9.53 Å². The summed E-state index contributed by atoms with van der Waals surface area (Å²) >= 11 is 0. The molecule has 2 nitrogen and oxygen atoms in total. The maximum atomic E-state index is 11.4. The highest BCUT2D eigenvalue weighted by molar-refractivity contribution is 5.82. The molecule has 0 saturated carbocycles. The molecule has 1 atom stereocenters. The van der Waals surface area contributed by atoms with Gasteiger partial charge in [-0.3, -0.25) is 0 Å². The lowest BCUT2D eigenvalue weighted by Crippen LogP contribution is -2.22. The molecule has 96 valence electrons. The van der Waals surface area contributed by atoms with Crippen molar-refractivity contribution in [2.24, 2.45) is 0 Å². The Bertz CT molecular complexity index is 446. The molecule has 0 fully saturated rings. The number of carbonyl (C=O) groups is 1. The molecule has 0 heterocycles. The Morgan fingerprint density at radius 2 is 1.89 bits per heavy atom. The van der Waals surface area contributed by atoms with Gasteiger partial charge < -0.3 is 4.74 Å². The molecule has 1 aromatic rings. The molecule has 0 spiro atoms. The van der Waals surface area contributed by atoms with Crippen molar-refractivity contribution in [1.29, 1.82) is 0 Å². The topological polar surface area (TPSA) is 26.3 Å². The zero-order chi connectivity index (χ0) is 13.6. The number of rotatable bonds is 3. The van der Waals surface area contributed by atoms with Crippen molar-refractivity contribution in [2.45, 2.75) is 39.2 Å². The summed E-state index contributed by atoms with van der Waals surface area (Å²) in [5.41, 5.74) is 3.62. The summed E-state index contributed by atoms with van der Waals surface area (Å²) in [7, 11) is 0. The SMILES string of the molecule is C[C@@H](C=C=CC(=O)OC(C)(C)C)c1ccccc1. The number of carbonyl (C=O) groups excluding carboxylic acids is 1. The molecule has 0 radical (unpaired) electrons. The van der Waals surface area contributed by atoms with Crippen LogP contribution in [0.15, 0.2) is 48.2 Å². The van der Waals surface area contributed by atoms with Crippen LogP contribution in [-0.4, -0.2) is 11.6 Å². The first-order valence-electron chi connectivity index (χ1n) is 6.09. The molecule has 0 saturated heterocycles. The highest BCUT2D eigenvalue weighted by atomic mass is 16.6. The second-order valence-corrected chi connectivity index (χ2v) is 5.21. The van der Waals surface area contributed by atoms with E-state index in [1.807, 2.05) is 45.0 Å². The van der Waals surface area contributed by atoms with E-state index in [4.69, 9.17) is 4.74 Å². The van der Waals surface area contributed by atoms with Gasteiger partial charge in [-0.1, -0.05) is 37.3 Å². The lowest BCUT2D eigenvalue weighted by atomic mass is 10.0. The molecule has 18 heavy (non-hydrogen) atoms. The van der Waals surface area contributed by atoms with Gasteiger partial charge in [-0.15, -0.1) is 5.73 Å². The van der Waals surface area contributed by atoms with E-state index in [0.29, 0.717) is 0 Å². The number of ether oxygens (including phenoxy) is 1. The molecule has 0 unspecified atom stereocenters. The molecule has 1 aromatic carbocycles. The van der Waals surface area contributed by atoms with E-state index in [2.05, 4.69) is 24.8 Å². The zero-order valence-electron chi connectivity index (χ0n) is 11.4. The van der Waals surface area contributed by atoms with Gasteiger partial charge in [0.1, 0.15) is 5.60 Å². The standard InChI is InChI=1S/C16H20O2/c1-13(14-10-6-5-7-11-14)9-8-12-15(17)18-16(2,3)4/h5-7,9-13H,1-4H3/t8?,13-/m0/s1. The Balaban J connectivity index is 2.62. The van der Waals surface area contributed by atoms with E-state index >= 15 is 0 Å². The van der Waals surface area contributed by atoms with Crippen molar-refractivity contribution in [3.8, 4) is 0 Å². The first-order chi connectivity index (χ1) is 8.38. The molecule has 0 aromatic heterocycles. The molecule has 2 heteroatoms. The lowest BCUT2D eigenvalue weighted by Gasteiger charge is -2.17. The van der Waals surface area contributed by atoms with Crippen LogP contribution in [0.2, 0.25) is 0 Å². The number of hydrogen-bond donors (Lipinski definition) is 0. The lowest BCUT2D eigenvalue weighted by molar-refractivity contribution is -0.148. The van der Waals surface area contributed by atoms with E-state index in [9.17, 15) is 4.79 Å². The fraction of sp³-hybridized carbons (Fsp3) is 0.375. The van der Waals surface area contributed by atoms with Crippen molar-refractivity contribution in [3.63, 3.8) is 0 Å². The molecular weight excluding hydrogens is 224 g/mol. The Kier molecular flexibility index (Phi) is 4.94. The Morgan fingerprint density at radius 3 is 2.44 bits per heavy atom. The smallest absolute Gasteiger partial charge is 0.339 e. The van der Waals surface area contributed by atoms with Gasteiger partial charge in [0.2, 0.25) is 0 Å². The Morgan fingerprint density at radius 1 is 1.28 bits per heavy atom. The molecule has 0 amide bonds. The Labute approximate surface area is 109 Å². The van der Waals surface area contributed by atoms with Crippen molar-refractivity contribution < 1.29 is 9.53 Å². The third-order valence-electron chi connectivity index (χ3n) is 2.28. The monoisotopic (exact) mass is 244 g/mol. The van der Waals surface area contributed by atoms with Crippen LogP contribution >= 0.6 is 0 Å². The van der Waals surface area contributed by atoms with Crippen molar-refractivity contribution >= 4 is 5.97 Å². The van der Waals surface area contributed by atoms with E-state index < -0.39 is 5.60 Å². The fourth-order valence-electron chi connectivity index (χ4n) is 1.44. The summed E-state index contributed by atoms with van der Waals surface area (Å²) in [6.07, 6.45) is 3.20. The average molecular weight is 244 g/mol. The first kappa shape index (κ1) is 14.3. The largest absolute Gasteiger partial charge is 0.456 e. The van der Waals surface area contributed by atoms with Gasteiger partial charge in [-0.2, -0.15) is 0 Å². The molecular formula is C16H20O2. The summed E-state index contributed by atoms with van der Waals surface area (Å²) in [6.45, 7) is 7.59. The second-order valence-electron chi connectivity index (χ2n) is 5.21. The van der Waals surface area contributed by atoms with Crippen LogP contribution in [0.1, 0.15) is 39.2 Å². The fourth-order valence-corrected chi connectivity index (χ4v) is 1.44. The molecule has 1 rings (SSSR count). The minimum absolute atomic E-state index is 0.227. The summed E-state index contributed by atoms with van der Waals surface area (Å²) in [5, 5.41) is 0. The maximum Gasteiger partial charge on any atom is 0.339 e. The minimum Gasteiger partial charge on any atom is -0.456 e. The third kappa shape index (κ3) is 5.51. The normalized spacial score (nSPS) is 12.2. The van der Waals surface area contributed by atoms with E-state index in [0.717, 1.165) is 0 Å². The Hall–Kier alpha value is -1.79. The molecule has 0 aliphatic carbocycles. The molecule has 0 aliphatic rings. The second kappa shape index (κ2) is 6.23. The quantitative estimate of drug-likeness (QED) is 0.458. The predicted octanol–water partition coefficient (Wildman–Crippen LogP) is 3.84. The van der Waals surface area contributed by atoms with Gasteiger partial charge in [-0.05, 0) is 32.4 Å². The van der Waals surface area contributed by atoms with Gasteiger partial charge in [0.25, 0.3) is 0 Å². The molecule has 0 aliphatic heterocycles.